The third kappa shape index (κ3) is 5.15. The molecular formula is C27H26F4N6O3. The molecule has 0 atom stereocenters. The van der Waals surface area contributed by atoms with Crippen LogP contribution >= 0.6 is 0 Å². The van der Waals surface area contributed by atoms with Gasteiger partial charge in [-0.2, -0.15) is 18.3 Å². The lowest BCUT2D eigenvalue weighted by molar-refractivity contribution is -0.141. The van der Waals surface area contributed by atoms with Gasteiger partial charge < -0.3 is 16.0 Å². The molecule has 1 aliphatic heterocycles. The van der Waals surface area contributed by atoms with Gasteiger partial charge in [0.15, 0.2) is 5.83 Å². The fourth-order valence-electron chi connectivity index (χ4n) is 5.29. The Hall–Kier alpha value is -4.29. The van der Waals surface area contributed by atoms with Crippen LogP contribution in [0.1, 0.15) is 47.8 Å². The first-order chi connectivity index (χ1) is 18.9. The van der Waals surface area contributed by atoms with Gasteiger partial charge in [0.2, 0.25) is 5.91 Å². The smallest absolute Gasteiger partial charge is 0.369 e. The molecule has 1 saturated heterocycles. The summed E-state index contributed by atoms with van der Waals surface area (Å²) in [4.78, 5) is 41.8. The second-order valence-corrected chi connectivity index (χ2v) is 10.1. The third-order valence-electron chi connectivity index (χ3n) is 7.49. The van der Waals surface area contributed by atoms with Crippen LogP contribution in [-0.4, -0.2) is 56.5 Å². The number of fused-ring (bicyclic) bond motifs is 1. The number of halogens is 4. The molecule has 210 valence electrons. The zero-order valence-electron chi connectivity index (χ0n) is 21.2. The van der Waals surface area contributed by atoms with Crippen molar-refractivity contribution in [3.63, 3.8) is 0 Å². The average Bonchev–Trinajstić information content (AvgIpc) is 3.27. The SMILES string of the molecule is C=C(F)C(=O)N1CC(n2nc(-c3ccc(C(F)(F)F)nc3)c3cccc(C(=O)NC4CCC(C(N)=O)CC4)c32)C1. The Labute approximate surface area is 226 Å². The van der Waals surface area contributed by atoms with Crippen molar-refractivity contribution in [1.29, 1.82) is 0 Å². The van der Waals surface area contributed by atoms with E-state index in [9.17, 15) is 31.9 Å². The number of para-hydroxylation sites is 1. The van der Waals surface area contributed by atoms with Crippen LogP contribution in [0, 0.1) is 5.92 Å². The van der Waals surface area contributed by atoms with E-state index in [-0.39, 0.29) is 42.4 Å². The van der Waals surface area contributed by atoms with Crippen LogP contribution in [0.15, 0.2) is 48.9 Å². The Morgan fingerprint density at radius 2 is 1.75 bits per heavy atom. The normalized spacial score (nSPS) is 19.8. The first-order valence-electron chi connectivity index (χ1n) is 12.7. The lowest BCUT2D eigenvalue weighted by Crippen LogP contribution is -2.51. The van der Waals surface area contributed by atoms with Gasteiger partial charge in [-0.3, -0.25) is 24.0 Å². The first-order valence-corrected chi connectivity index (χ1v) is 12.7. The molecule has 40 heavy (non-hydrogen) atoms. The number of primary amides is 1. The van der Waals surface area contributed by atoms with Crippen molar-refractivity contribution in [2.24, 2.45) is 11.7 Å². The Bertz CT molecular complexity index is 1490. The van der Waals surface area contributed by atoms with Crippen LogP contribution in [-0.2, 0) is 15.8 Å². The predicted octanol–water partition coefficient (Wildman–Crippen LogP) is 3.76. The summed E-state index contributed by atoms with van der Waals surface area (Å²) >= 11 is 0. The fraction of sp³-hybridized carbons (Fsp3) is 0.370. The first kappa shape index (κ1) is 27.3. The minimum absolute atomic E-state index is 0.107. The number of amides is 3. The summed E-state index contributed by atoms with van der Waals surface area (Å²) in [5, 5.41) is 8.16. The van der Waals surface area contributed by atoms with Crippen molar-refractivity contribution in [3.8, 4) is 11.3 Å². The number of benzene rings is 1. The number of likely N-dealkylation sites (tertiary alicyclic amines) is 1. The number of hydrogen-bond donors (Lipinski definition) is 2. The van der Waals surface area contributed by atoms with Crippen LogP contribution in [0.3, 0.4) is 0 Å². The summed E-state index contributed by atoms with van der Waals surface area (Å²) in [6.45, 7) is 3.25. The number of pyridine rings is 1. The molecule has 2 aromatic heterocycles. The van der Waals surface area contributed by atoms with Crippen molar-refractivity contribution in [1.82, 2.24) is 25.0 Å². The molecule has 3 heterocycles. The summed E-state index contributed by atoms with van der Waals surface area (Å²) in [6, 6.07) is 6.50. The fourth-order valence-corrected chi connectivity index (χ4v) is 5.29. The van der Waals surface area contributed by atoms with E-state index in [1.54, 1.807) is 22.9 Å². The highest BCUT2D eigenvalue weighted by atomic mass is 19.4. The van der Waals surface area contributed by atoms with E-state index in [0.717, 1.165) is 12.3 Å². The number of hydrogen-bond acceptors (Lipinski definition) is 5. The maximum Gasteiger partial charge on any atom is 0.433 e. The van der Waals surface area contributed by atoms with E-state index >= 15 is 0 Å². The van der Waals surface area contributed by atoms with E-state index in [1.165, 1.54) is 11.0 Å². The number of carbonyl (C=O) groups is 3. The van der Waals surface area contributed by atoms with E-state index in [2.05, 4.69) is 22.0 Å². The molecule has 3 amide bonds. The van der Waals surface area contributed by atoms with E-state index in [4.69, 9.17) is 5.73 Å². The van der Waals surface area contributed by atoms with Gasteiger partial charge in [-0.15, -0.1) is 0 Å². The van der Waals surface area contributed by atoms with Gasteiger partial charge in [0, 0.05) is 42.2 Å². The van der Waals surface area contributed by atoms with Gasteiger partial charge in [-0.25, -0.2) is 4.39 Å². The number of alkyl halides is 3. The van der Waals surface area contributed by atoms with Gasteiger partial charge in [-0.05, 0) is 43.9 Å². The average molecular weight is 559 g/mol. The summed E-state index contributed by atoms with van der Waals surface area (Å²) < 4.78 is 54.2. The molecule has 3 N–H and O–H groups in total. The molecule has 0 spiro atoms. The second-order valence-electron chi connectivity index (χ2n) is 10.1. The minimum Gasteiger partial charge on any atom is -0.369 e. The molecule has 0 unspecified atom stereocenters. The van der Waals surface area contributed by atoms with Crippen molar-refractivity contribution in [2.45, 2.75) is 43.9 Å². The van der Waals surface area contributed by atoms with E-state index < -0.39 is 29.6 Å². The van der Waals surface area contributed by atoms with Gasteiger partial charge in [0.1, 0.15) is 11.4 Å². The van der Waals surface area contributed by atoms with Crippen molar-refractivity contribution < 1.29 is 31.9 Å². The van der Waals surface area contributed by atoms with Crippen LogP contribution < -0.4 is 11.1 Å². The number of carbonyl (C=O) groups excluding carboxylic acids is 3. The summed E-state index contributed by atoms with van der Waals surface area (Å²) in [5.41, 5.74) is 5.69. The Kier molecular flexibility index (Phi) is 7.06. The quantitative estimate of drug-likeness (QED) is 0.352. The second kappa shape index (κ2) is 10.4. The van der Waals surface area contributed by atoms with Gasteiger partial charge in [-0.1, -0.05) is 18.7 Å². The molecule has 2 aliphatic rings. The van der Waals surface area contributed by atoms with Gasteiger partial charge in [0.05, 0.1) is 17.1 Å². The number of nitrogens with one attached hydrogen (secondary N) is 1. The highest BCUT2D eigenvalue weighted by Gasteiger charge is 2.37. The molecular weight excluding hydrogens is 532 g/mol. The zero-order valence-corrected chi connectivity index (χ0v) is 21.2. The van der Waals surface area contributed by atoms with Crippen LogP contribution in [0.25, 0.3) is 22.2 Å². The molecule has 0 radical (unpaired) electrons. The predicted molar refractivity (Wildman–Crippen MR) is 136 cm³/mol. The zero-order chi connectivity index (χ0) is 28.8. The highest BCUT2D eigenvalue weighted by Crippen LogP contribution is 2.36. The van der Waals surface area contributed by atoms with Crippen LogP contribution in [0.2, 0.25) is 0 Å². The molecule has 13 heteroatoms. The maximum atomic E-state index is 13.5. The number of rotatable bonds is 6. The molecule has 1 aromatic carbocycles. The number of nitrogens with zero attached hydrogens (tertiary/aromatic N) is 4. The van der Waals surface area contributed by atoms with Crippen molar-refractivity contribution >= 4 is 28.6 Å². The minimum atomic E-state index is -4.61. The Morgan fingerprint density at radius 1 is 1.05 bits per heavy atom. The standard InChI is InChI=1S/C27H26F4N6O3/c1-14(28)26(40)36-12-18(13-36)37-23-19(22(35-37)16-7-10-21(33-11-16)27(29,30)31)3-2-4-20(23)25(39)34-17-8-5-15(6-9-17)24(32)38/h2-4,7,10-11,15,17-18H,1,5-6,8-9,12-13H2,(H2,32,38)(H,34,39). The topological polar surface area (TPSA) is 123 Å². The molecule has 9 nitrogen and oxygen atoms in total. The van der Waals surface area contributed by atoms with Gasteiger partial charge in [0.25, 0.3) is 11.8 Å². The highest BCUT2D eigenvalue weighted by molar-refractivity contribution is 6.09. The molecule has 5 rings (SSSR count). The molecule has 2 fully saturated rings. The maximum absolute atomic E-state index is 13.5. The number of nitrogens with two attached hydrogens (primary N) is 1. The van der Waals surface area contributed by atoms with Crippen LogP contribution in [0.4, 0.5) is 17.6 Å². The number of aromatic nitrogens is 3. The summed E-state index contributed by atoms with van der Waals surface area (Å²) in [5.74, 6) is -2.89. The third-order valence-corrected chi connectivity index (χ3v) is 7.49. The largest absolute Gasteiger partial charge is 0.433 e. The summed E-state index contributed by atoms with van der Waals surface area (Å²) in [7, 11) is 0. The van der Waals surface area contributed by atoms with E-state index in [1.807, 2.05) is 0 Å². The van der Waals surface area contributed by atoms with Gasteiger partial charge >= 0.3 is 6.18 Å². The molecule has 1 aliphatic carbocycles. The Balaban J connectivity index is 1.50. The van der Waals surface area contributed by atoms with Crippen molar-refractivity contribution in [3.05, 3.63) is 60.2 Å². The summed E-state index contributed by atoms with van der Waals surface area (Å²) in [6.07, 6.45) is -1.22. The molecule has 0 bridgehead atoms. The Morgan fingerprint density at radius 3 is 2.33 bits per heavy atom. The van der Waals surface area contributed by atoms with Crippen molar-refractivity contribution in [2.75, 3.05) is 13.1 Å². The molecule has 3 aromatic rings. The lowest BCUT2D eigenvalue weighted by Gasteiger charge is -2.39. The van der Waals surface area contributed by atoms with Crippen LogP contribution in [0.5, 0.6) is 0 Å². The molecule has 1 saturated carbocycles. The van der Waals surface area contributed by atoms with E-state index in [0.29, 0.717) is 47.8 Å². The monoisotopic (exact) mass is 558 g/mol. The lowest BCUT2D eigenvalue weighted by atomic mass is 9.85.